The first kappa shape index (κ1) is 13.7. The van der Waals surface area contributed by atoms with Gasteiger partial charge in [0.05, 0.1) is 12.3 Å². The lowest BCUT2D eigenvalue weighted by molar-refractivity contribution is 0.0594. The van der Waals surface area contributed by atoms with E-state index in [1.807, 2.05) is 0 Å². The molecule has 1 unspecified atom stereocenters. The van der Waals surface area contributed by atoms with Crippen LogP contribution < -0.4 is 5.32 Å². The SMILES string of the molecule is Cc1nnc(NCC2CCCOC2)c(C(=O)O)c1C. The molecular weight excluding hydrogens is 246 g/mol. The molecule has 2 N–H and O–H groups in total. The summed E-state index contributed by atoms with van der Waals surface area (Å²) in [6.45, 7) is 5.71. The van der Waals surface area contributed by atoms with E-state index in [-0.39, 0.29) is 5.56 Å². The zero-order chi connectivity index (χ0) is 13.8. The highest BCUT2D eigenvalue weighted by molar-refractivity contribution is 5.94. The van der Waals surface area contributed by atoms with Crippen molar-refractivity contribution in [2.24, 2.45) is 5.92 Å². The summed E-state index contributed by atoms with van der Waals surface area (Å²) in [4.78, 5) is 11.3. The van der Waals surface area contributed by atoms with E-state index in [0.717, 1.165) is 19.4 Å². The lowest BCUT2D eigenvalue weighted by Gasteiger charge is -2.22. The van der Waals surface area contributed by atoms with E-state index in [1.165, 1.54) is 0 Å². The zero-order valence-electron chi connectivity index (χ0n) is 11.3. The van der Waals surface area contributed by atoms with Crippen molar-refractivity contribution in [1.29, 1.82) is 0 Å². The highest BCUT2D eigenvalue weighted by Gasteiger charge is 2.19. The number of carbonyl (C=O) groups is 1. The van der Waals surface area contributed by atoms with Gasteiger partial charge in [0.25, 0.3) is 0 Å². The van der Waals surface area contributed by atoms with Crippen LogP contribution in [0.15, 0.2) is 0 Å². The van der Waals surface area contributed by atoms with Gasteiger partial charge in [-0.2, -0.15) is 5.10 Å². The van der Waals surface area contributed by atoms with Crippen LogP contribution >= 0.6 is 0 Å². The summed E-state index contributed by atoms with van der Waals surface area (Å²) >= 11 is 0. The molecular formula is C13H19N3O3. The minimum Gasteiger partial charge on any atom is -0.478 e. The van der Waals surface area contributed by atoms with Gasteiger partial charge in [0.15, 0.2) is 5.82 Å². The van der Waals surface area contributed by atoms with E-state index >= 15 is 0 Å². The molecule has 0 aliphatic carbocycles. The van der Waals surface area contributed by atoms with Crippen LogP contribution in [-0.4, -0.2) is 41.0 Å². The quantitative estimate of drug-likeness (QED) is 0.860. The number of hydrogen-bond acceptors (Lipinski definition) is 5. The number of rotatable bonds is 4. The Hall–Kier alpha value is -1.69. The lowest BCUT2D eigenvalue weighted by atomic mass is 10.0. The third-order valence-corrected chi connectivity index (χ3v) is 3.48. The predicted molar refractivity (Wildman–Crippen MR) is 70.5 cm³/mol. The first-order chi connectivity index (χ1) is 9.09. The number of carboxylic acids is 1. The summed E-state index contributed by atoms with van der Waals surface area (Å²) in [5.41, 5.74) is 1.51. The van der Waals surface area contributed by atoms with Gasteiger partial charge in [0, 0.05) is 13.2 Å². The number of aromatic nitrogens is 2. The molecule has 1 fully saturated rings. The van der Waals surface area contributed by atoms with Gasteiger partial charge in [-0.15, -0.1) is 5.10 Å². The number of nitrogens with zero attached hydrogens (tertiary/aromatic N) is 2. The van der Waals surface area contributed by atoms with E-state index in [9.17, 15) is 9.90 Å². The molecule has 1 aromatic heterocycles. The molecule has 0 spiro atoms. The number of aromatic carboxylic acids is 1. The predicted octanol–water partition coefficient (Wildman–Crippen LogP) is 1.63. The third-order valence-electron chi connectivity index (χ3n) is 3.48. The number of ether oxygens (including phenoxy) is 1. The Morgan fingerprint density at radius 3 is 2.89 bits per heavy atom. The van der Waals surface area contributed by atoms with Crippen LogP contribution in [-0.2, 0) is 4.74 Å². The molecule has 0 bridgehead atoms. The van der Waals surface area contributed by atoms with Crippen LogP contribution in [0.25, 0.3) is 0 Å². The van der Waals surface area contributed by atoms with E-state index in [2.05, 4.69) is 15.5 Å². The summed E-state index contributed by atoms with van der Waals surface area (Å²) in [5.74, 6) is -0.224. The summed E-state index contributed by atoms with van der Waals surface area (Å²) in [6.07, 6.45) is 2.14. The number of aryl methyl sites for hydroxylation is 1. The Labute approximate surface area is 112 Å². The highest BCUT2D eigenvalue weighted by Crippen LogP contribution is 2.20. The van der Waals surface area contributed by atoms with Crippen LogP contribution in [0, 0.1) is 19.8 Å². The van der Waals surface area contributed by atoms with E-state index in [0.29, 0.717) is 36.1 Å². The molecule has 1 aromatic rings. The maximum atomic E-state index is 11.3. The van der Waals surface area contributed by atoms with E-state index < -0.39 is 5.97 Å². The van der Waals surface area contributed by atoms with E-state index in [1.54, 1.807) is 13.8 Å². The van der Waals surface area contributed by atoms with Crippen molar-refractivity contribution in [2.75, 3.05) is 25.1 Å². The smallest absolute Gasteiger partial charge is 0.339 e. The molecule has 6 nitrogen and oxygen atoms in total. The van der Waals surface area contributed by atoms with Crippen LogP contribution in [0.2, 0.25) is 0 Å². The third kappa shape index (κ3) is 3.20. The standard InChI is InChI=1S/C13H19N3O3/c1-8-9(2)15-16-12(11(8)13(17)18)14-6-10-4-3-5-19-7-10/h10H,3-7H2,1-2H3,(H,14,16)(H,17,18). The molecule has 1 aliphatic rings. The summed E-state index contributed by atoms with van der Waals surface area (Å²) < 4.78 is 5.40. The monoisotopic (exact) mass is 265 g/mol. The van der Waals surface area contributed by atoms with Gasteiger partial charge in [-0.1, -0.05) is 0 Å². The average molecular weight is 265 g/mol. The first-order valence-electron chi connectivity index (χ1n) is 6.48. The van der Waals surface area contributed by atoms with Gasteiger partial charge >= 0.3 is 5.97 Å². The second-order valence-corrected chi connectivity index (χ2v) is 4.90. The van der Waals surface area contributed by atoms with Gasteiger partial charge in [-0.3, -0.25) is 0 Å². The fraction of sp³-hybridized carbons (Fsp3) is 0.615. The molecule has 19 heavy (non-hydrogen) atoms. The highest BCUT2D eigenvalue weighted by atomic mass is 16.5. The van der Waals surface area contributed by atoms with Crippen molar-refractivity contribution < 1.29 is 14.6 Å². The molecule has 1 aliphatic heterocycles. The molecule has 1 atom stereocenters. The topological polar surface area (TPSA) is 84.3 Å². The second kappa shape index (κ2) is 5.97. The van der Waals surface area contributed by atoms with Gasteiger partial charge in [-0.05, 0) is 38.2 Å². The number of carboxylic acid groups (broad SMARTS) is 1. The minimum atomic E-state index is -0.974. The van der Waals surface area contributed by atoms with Gasteiger partial charge < -0.3 is 15.2 Å². The minimum absolute atomic E-state index is 0.212. The van der Waals surface area contributed by atoms with Crippen molar-refractivity contribution >= 4 is 11.8 Å². The normalized spacial score (nSPS) is 19.2. The molecule has 1 saturated heterocycles. The fourth-order valence-electron chi connectivity index (χ4n) is 2.20. The Bertz CT molecular complexity index is 470. The van der Waals surface area contributed by atoms with Crippen LogP contribution in [0.4, 0.5) is 5.82 Å². The largest absolute Gasteiger partial charge is 0.478 e. The molecule has 2 heterocycles. The molecule has 0 amide bonds. The van der Waals surface area contributed by atoms with Crippen molar-refractivity contribution in [1.82, 2.24) is 10.2 Å². The van der Waals surface area contributed by atoms with Crippen molar-refractivity contribution in [3.05, 3.63) is 16.8 Å². The Morgan fingerprint density at radius 2 is 2.26 bits per heavy atom. The summed E-state index contributed by atoms with van der Waals surface area (Å²) in [6, 6.07) is 0. The number of anilines is 1. The molecule has 2 rings (SSSR count). The second-order valence-electron chi connectivity index (χ2n) is 4.90. The van der Waals surface area contributed by atoms with Crippen molar-refractivity contribution in [3.8, 4) is 0 Å². The zero-order valence-corrected chi connectivity index (χ0v) is 11.3. The molecule has 0 radical (unpaired) electrons. The maximum Gasteiger partial charge on any atom is 0.339 e. The summed E-state index contributed by atoms with van der Waals surface area (Å²) in [5, 5.41) is 20.3. The Kier molecular flexibility index (Phi) is 4.31. The summed E-state index contributed by atoms with van der Waals surface area (Å²) in [7, 11) is 0. The van der Waals surface area contributed by atoms with E-state index in [4.69, 9.17) is 4.74 Å². The number of hydrogen-bond donors (Lipinski definition) is 2. The fourth-order valence-corrected chi connectivity index (χ4v) is 2.20. The Balaban J connectivity index is 2.11. The maximum absolute atomic E-state index is 11.3. The van der Waals surface area contributed by atoms with Gasteiger partial charge in [0.1, 0.15) is 5.56 Å². The molecule has 0 aromatic carbocycles. The van der Waals surface area contributed by atoms with Crippen LogP contribution in [0.5, 0.6) is 0 Å². The van der Waals surface area contributed by atoms with Crippen molar-refractivity contribution in [2.45, 2.75) is 26.7 Å². The molecule has 104 valence electrons. The van der Waals surface area contributed by atoms with Crippen molar-refractivity contribution in [3.63, 3.8) is 0 Å². The average Bonchev–Trinajstić information content (AvgIpc) is 2.41. The Morgan fingerprint density at radius 1 is 1.47 bits per heavy atom. The van der Waals surface area contributed by atoms with Crippen LogP contribution in [0.3, 0.4) is 0 Å². The first-order valence-corrected chi connectivity index (χ1v) is 6.48. The number of nitrogens with one attached hydrogen (secondary N) is 1. The lowest BCUT2D eigenvalue weighted by Crippen LogP contribution is -2.25. The van der Waals surface area contributed by atoms with Crippen LogP contribution in [0.1, 0.15) is 34.5 Å². The molecule has 6 heteroatoms. The van der Waals surface area contributed by atoms with Gasteiger partial charge in [-0.25, -0.2) is 4.79 Å². The molecule has 0 saturated carbocycles. The van der Waals surface area contributed by atoms with Gasteiger partial charge in [0.2, 0.25) is 0 Å².